The molecule has 0 N–H and O–H groups in total. The molecule has 0 aliphatic rings. The Morgan fingerprint density at radius 3 is 0.940 bits per heavy atom. The topological polar surface area (TPSA) is 46.2 Å². The molecule has 0 heterocycles. The fourth-order valence-corrected chi connectivity index (χ4v) is 6.54. The van der Waals surface area contributed by atoms with Gasteiger partial charge in [-0.15, -0.1) is 0 Å². The summed E-state index contributed by atoms with van der Waals surface area (Å²) in [5.41, 5.74) is 2.54. The zero-order valence-corrected chi connectivity index (χ0v) is 31.4. The van der Waals surface area contributed by atoms with E-state index in [1.165, 1.54) is 96.3 Å². The third-order valence-corrected chi connectivity index (χ3v) is 9.35. The fourth-order valence-electron chi connectivity index (χ4n) is 6.54. The monoisotopic (exact) mass is 689 g/mol. The van der Waals surface area contributed by atoms with Crippen LogP contribution >= 0.6 is 0 Å². The average Bonchev–Trinajstić information content (AvgIpc) is 3.17. The molecular formula is C45H68O5. The summed E-state index contributed by atoms with van der Waals surface area (Å²) in [5.74, 6) is 0. The maximum absolute atomic E-state index is 6.75. The van der Waals surface area contributed by atoms with Crippen LogP contribution in [0.15, 0.2) is 91.0 Å². The lowest BCUT2D eigenvalue weighted by molar-refractivity contribution is -0.0384. The predicted molar refractivity (Wildman–Crippen MR) is 208 cm³/mol. The Kier molecular flexibility index (Phi) is 24.4. The van der Waals surface area contributed by atoms with Gasteiger partial charge in [0.1, 0.15) is 5.60 Å². The van der Waals surface area contributed by atoms with Crippen molar-refractivity contribution in [1.82, 2.24) is 0 Å². The van der Waals surface area contributed by atoms with E-state index in [1.54, 1.807) is 0 Å². The Hall–Kier alpha value is -2.54. The van der Waals surface area contributed by atoms with Crippen molar-refractivity contribution in [2.24, 2.45) is 0 Å². The van der Waals surface area contributed by atoms with Gasteiger partial charge in [-0.25, -0.2) is 0 Å². The van der Waals surface area contributed by atoms with Crippen molar-refractivity contribution in [1.29, 1.82) is 0 Å². The van der Waals surface area contributed by atoms with E-state index in [-0.39, 0.29) is 0 Å². The zero-order valence-electron chi connectivity index (χ0n) is 31.4. The van der Waals surface area contributed by atoms with Crippen LogP contribution in [0, 0.1) is 0 Å². The molecule has 0 amide bonds. The molecule has 0 radical (unpaired) electrons. The molecular weight excluding hydrogens is 620 g/mol. The van der Waals surface area contributed by atoms with Crippen LogP contribution < -0.4 is 0 Å². The molecule has 0 aromatic heterocycles. The van der Waals surface area contributed by atoms with E-state index in [9.17, 15) is 0 Å². The molecule has 0 bridgehead atoms. The Morgan fingerprint density at radius 1 is 0.320 bits per heavy atom. The zero-order chi connectivity index (χ0) is 35.1. The standard InChI is InChI=1S/C45H68O5/c1-2-3-4-5-6-7-8-9-10-11-12-13-14-15-16-26-33-46-34-35-47-36-37-48-38-39-49-40-41-50-45(42-27-20-17-21-28-42,43-29-22-18-23-30-43)44-31-24-19-25-32-44/h17-25,27-32H,2-16,26,33-41H2,1H3. The van der Waals surface area contributed by atoms with E-state index in [2.05, 4.69) is 79.7 Å². The van der Waals surface area contributed by atoms with Gasteiger partial charge in [0.05, 0.1) is 52.9 Å². The van der Waals surface area contributed by atoms with E-state index in [1.807, 2.05) is 18.2 Å². The van der Waals surface area contributed by atoms with Gasteiger partial charge in [0, 0.05) is 6.61 Å². The van der Waals surface area contributed by atoms with Crippen LogP contribution in [0.5, 0.6) is 0 Å². The lowest BCUT2D eigenvalue weighted by Gasteiger charge is -2.36. The number of hydrogen-bond donors (Lipinski definition) is 0. The van der Waals surface area contributed by atoms with Gasteiger partial charge >= 0.3 is 0 Å². The number of ether oxygens (including phenoxy) is 5. The summed E-state index contributed by atoms with van der Waals surface area (Å²) in [6, 6.07) is 31.3. The van der Waals surface area contributed by atoms with Gasteiger partial charge in [0.2, 0.25) is 0 Å². The third-order valence-electron chi connectivity index (χ3n) is 9.35. The second kappa shape index (κ2) is 29.1. The average molecular weight is 689 g/mol. The lowest BCUT2D eigenvalue weighted by Crippen LogP contribution is -2.34. The summed E-state index contributed by atoms with van der Waals surface area (Å²) >= 11 is 0. The number of rotatable bonds is 33. The highest BCUT2D eigenvalue weighted by Gasteiger charge is 2.37. The number of benzene rings is 3. The van der Waals surface area contributed by atoms with Crippen LogP contribution in [0.25, 0.3) is 0 Å². The smallest absolute Gasteiger partial charge is 0.143 e. The summed E-state index contributed by atoms with van der Waals surface area (Å²) in [4.78, 5) is 0. The highest BCUT2D eigenvalue weighted by atomic mass is 16.6. The van der Waals surface area contributed by atoms with Crippen LogP contribution in [0.3, 0.4) is 0 Å². The molecule has 5 nitrogen and oxygen atoms in total. The summed E-state index contributed by atoms with van der Waals surface area (Å²) in [6.07, 6.45) is 22.2. The van der Waals surface area contributed by atoms with Crippen molar-refractivity contribution in [2.45, 2.75) is 115 Å². The molecule has 3 rings (SSSR count). The van der Waals surface area contributed by atoms with Crippen molar-refractivity contribution in [3.8, 4) is 0 Å². The molecule has 0 aliphatic carbocycles. The second-order valence-electron chi connectivity index (χ2n) is 13.4. The molecule has 0 saturated carbocycles. The van der Waals surface area contributed by atoms with Crippen LogP contribution in [0.4, 0.5) is 0 Å². The maximum atomic E-state index is 6.75. The van der Waals surface area contributed by atoms with Crippen molar-refractivity contribution in [2.75, 3.05) is 59.5 Å². The summed E-state index contributed by atoms with van der Waals surface area (Å²) in [5, 5.41) is 0. The first-order chi connectivity index (χ1) is 24.9. The third kappa shape index (κ3) is 17.6. The molecule has 278 valence electrons. The normalized spacial score (nSPS) is 11.7. The Balaban J connectivity index is 1.11. The van der Waals surface area contributed by atoms with Crippen molar-refractivity contribution >= 4 is 0 Å². The molecule has 0 atom stereocenters. The molecule has 0 unspecified atom stereocenters. The Labute approximate surface area is 305 Å². The van der Waals surface area contributed by atoms with Crippen LogP contribution in [-0.2, 0) is 29.3 Å². The quantitative estimate of drug-likeness (QED) is 0.0471. The van der Waals surface area contributed by atoms with Gasteiger partial charge in [-0.2, -0.15) is 0 Å². The largest absolute Gasteiger partial charge is 0.379 e. The van der Waals surface area contributed by atoms with Crippen molar-refractivity contribution < 1.29 is 23.7 Å². The number of hydrogen-bond acceptors (Lipinski definition) is 5. The van der Waals surface area contributed by atoms with E-state index in [4.69, 9.17) is 23.7 Å². The van der Waals surface area contributed by atoms with Gasteiger partial charge in [-0.3, -0.25) is 0 Å². The fraction of sp³-hybridized carbons (Fsp3) is 0.600. The highest BCUT2D eigenvalue weighted by Crippen LogP contribution is 2.40. The lowest BCUT2D eigenvalue weighted by atomic mass is 9.80. The van der Waals surface area contributed by atoms with E-state index in [0.29, 0.717) is 52.9 Å². The first-order valence-electron chi connectivity index (χ1n) is 20.0. The molecule has 3 aromatic rings. The summed E-state index contributed by atoms with van der Waals surface area (Å²) in [6.45, 7) is 7.48. The first kappa shape index (κ1) is 41.9. The maximum Gasteiger partial charge on any atom is 0.143 e. The molecule has 0 aliphatic heterocycles. The first-order valence-corrected chi connectivity index (χ1v) is 20.0. The minimum Gasteiger partial charge on any atom is -0.379 e. The van der Waals surface area contributed by atoms with E-state index in [0.717, 1.165) is 29.7 Å². The van der Waals surface area contributed by atoms with Gasteiger partial charge in [-0.1, -0.05) is 194 Å². The van der Waals surface area contributed by atoms with Gasteiger partial charge in [0.25, 0.3) is 0 Å². The summed E-state index contributed by atoms with van der Waals surface area (Å²) < 4.78 is 29.7. The van der Waals surface area contributed by atoms with E-state index >= 15 is 0 Å². The predicted octanol–water partition coefficient (Wildman–Crippen LogP) is 11.3. The second-order valence-corrected chi connectivity index (χ2v) is 13.4. The minimum atomic E-state index is -0.726. The van der Waals surface area contributed by atoms with Gasteiger partial charge in [0.15, 0.2) is 0 Å². The van der Waals surface area contributed by atoms with Gasteiger partial charge in [-0.05, 0) is 23.1 Å². The molecule has 3 aromatic carbocycles. The SMILES string of the molecule is CCCCCCCCCCCCCCCCCCOCCOCCOCCOCCOC(c1ccccc1)(c1ccccc1)c1ccccc1. The van der Waals surface area contributed by atoms with Gasteiger partial charge < -0.3 is 23.7 Å². The van der Waals surface area contributed by atoms with Crippen LogP contribution in [0.1, 0.15) is 126 Å². The Morgan fingerprint density at radius 2 is 0.600 bits per heavy atom. The summed E-state index contributed by atoms with van der Waals surface area (Å²) in [7, 11) is 0. The Bertz CT molecular complexity index is 1040. The van der Waals surface area contributed by atoms with E-state index < -0.39 is 5.60 Å². The number of unbranched alkanes of at least 4 members (excludes halogenated alkanes) is 15. The molecule has 50 heavy (non-hydrogen) atoms. The van der Waals surface area contributed by atoms with Crippen molar-refractivity contribution in [3.63, 3.8) is 0 Å². The highest BCUT2D eigenvalue weighted by molar-refractivity contribution is 5.47. The molecule has 0 saturated heterocycles. The van der Waals surface area contributed by atoms with Crippen LogP contribution in [0.2, 0.25) is 0 Å². The molecule has 0 spiro atoms. The molecule has 0 fully saturated rings. The minimum absolute atomic E-state index is 0.446. The van der Waals surface area contributed by atoms with Crippen molar-refractivity contribution in [3.05, 3.63) is 108 Å². The molecule has 5 heteroatoms. The van der Waals surface area contributed by atoms with Crippen LogP contribution in [-0.4, -0.2) is 59.5 Å².